The normalized spacial score (nSPS) is 20.0. The molecule has 1 aromatic heterocycles. The first-order chi connectivity index (χ1) is 12.6. The number of pyridine rings is 1. The van der Waals surface area contributed by atoms with E-state index in [1.807, 2.05) is 43.6 Å². The molecule has 0 aliphatic carbocycles. The van der Waals surface area contributed by atoms with E-state index in [0.29, 0.717) is 19.0 Å². The predicted molar refractivity (Wildman–Crippen MR) is 106 cm³/mol. The van der Waals surface area contributed by atoms with Crippen molar-refractivity contribution in [2.75, 3.05) is 13.1 Å². The Morgan fingerprint density at radius 1 is 1.19 bits per heavy atom. The number of hydrogen-bond acceptors (Lipinski definition) is 3. The first kappa shape index (κ1) is 18.6. The Balaban J connectivity index is 1.58. The van der Waals surface area contributed by atoms with E-state index < -0.39 is 5.60 Å². The van der Waals surface area contributed by atoms with Crippen LogP contribution in [0.4, 0.5) is 0 Å². The highest BCUT2D eigenvalue weighted by atomic mass is 16.3. The molecule has 1 aromatic carbocycles. The minimum absolute atomic E-state index is 0.390. The Kier molecular flexibility index (Phi) is 6.44. The number of nitrogens with zero attached hydrogens (tertiary/aromatic N) is 2. The minimum atomic E-state index is -0.949. The molecule has 136 valence electrons. The van der Waals surface area contributed by atoms with Gasteiger partial charge in [-0.25, -0.2) is 0 Å². The average Bonchev–Trinajstić information content (AvgIpc) is 2.68. The van der Waals surface area contributed by atoms with Crippen molar-refractivity contribution in [2.45, 2.75) is 50.7 Å². The molecule has 1 N–H and O–H groups in total. The number of likely N-dealkylation sites (tertiary alicyclic amines) is 1. The van der Waals surface area contributed by atoms with Gasteiger partial charge in [-0.15, -0.1) is 0 Å². The van der Waals surface area contributed by atoms with Crippen LogP contribution in [-0.4, -0.2) is 33.7 Å². The third-order valence-electron chi connectivity index (χ3n) is 5.07. The summed E-state index contributed by atoms with van der Waals surface area (Å²) >= 11 is 0. The Morgan fingerprint density at radius 3 is 2.81 bits per heavy atom. The highest BCUT2D eigenvalue weighted by Gasteiger charge is 2.23. The largest absolute Gasteiger partial charge is 0.378 e. The van der Waals surface area contributed by atoms with E-state index in [1.54, 1.807) is 0 Å². The van der Waals surface area contributed by atoms with Crippen LogP contribution in [0, 0.1) is 11.8 Å². The van der Waals surface area contributed by atoms with Gasteiger partial charge in [0.15, 0.2) is 0 Å². The van der Waals surface area contributed by atoms with Gasteiger partial charge in [-0.3, -0.25) is 9.88 Å². The van der Waals surface area contributed by atoms with Gasteiger partial charge < -0.3 is 5.11 Å². The molecule has 0 saturated carbocycles. The van der Waals surface area contributed by atoms with Gasteiger partial charge in [0.2, 0.25) is 0 Å². The Bertz CT molecular complexity index is 731. The number of piperidine rings is 1. The molecule has 3 rings (SSSR count). The van der Waals surface area contributed by atoms with E-state index in [1.165, 1.54) is 24.0 Å². The fraction of sp³-hybridized carbons (Fsp3) is 0.435. The van der Waals surface area contributed by atoms with Crippen LogP contribution in [0.2, 0.25) is 0 Å². The molecule has 0 radical (unpaired) electrons. The first-order valence-corrected chi connectivity index (χ1v) is 9.54. The lowest BCUT2D eigenvalue weighted by Gasteiger charge is -2.34. The van der Waals surface area contributed by atoms with Crippen molar-refractivity contribution in [1.29, 1.82) is 0 Å². The summed E-state index contributed by atoms with van der Waals surface area (Å²) < 4.78 is 0. The quantitative estimate of drug-likeness (QED) is 0.830. The second-order valence-electron chi connectivity index (χ2n) is 7.33. The zero-order valence-electron chi connectivity index (χ0n) is 15.6. The van der Waals surface area contributed by atoms with E-state index in [0.717, 1.165) is 19.4 Å². The monoisotopic (exact) mass is 348 g/mol. The molecule has 2 heterocycles. The van der Waals surface area contributed by atoms with Gasteiger partial charge in [0.05, 0.1) is 6.54 Å². The SMILES string of the molecule is CC(O)(C#CCN1CCCCC1c1cccnc1)CCc1ccccc1. The number of rotatable bonds is 5. The van der Waals surface area contributed by atoms with Crippen LogP contribution in [-0.2, 0) is 6.42 Å². The molecule has 0 amide bonds. The summed E-state index contributed by atoms with van der Waals surface area (Å²) in [4.78, 5) is 6.68. The van der Waals surface area contributed by atoms with Crippen LogP contribution >= 0.6 is 0 Å². The third kappa shape index (κ3) is 5.42. The van der Waals surface area contributed by atoms with Gasteiger partial charge in [0, 0.05) is 18.4 Å². The van der Waals surface area contributed by atoms with Crippen LogP contribution in [0.5, 0.6) is 0 Å². The summed E-state index contributed by atoms with van der Waals surface area (Å²) in [5.74, 6) is 6.33. The van der Waals surface area contributed by atoms with E-state index in [9.17, 15) is 5.11 Å². The first-order valence-electron chi connectivity index (χ1n) is 9.54. The topological polar surface area (TPSA) is 36.4 Å². The smallest absolute Gasteiger partial charge is 0.123 e. The van der Waals surface area contributed by atoms with Gasteiger partial charge in [-0.2, -0.15) is 0 Å². The Labute approximate surface area is 157 Å². The van der Waals surface area contributed by atoms with Crippen molar-refractivity contribution in [3.05, 3.63) is 66.0 Å². The fourth-order valence-corrected chi connectivity index (χ4v) is 3.56. The summed E-state index contributed by atoms with van der Waals surface area (Å²) in [6, 6.07) is 14.8. The molecule has 1 fully saturated rings. The average molecular weight is 348 g/mol. The maximum Gasteiger partial charge on any atom is 0.123 e. The molecule has 3 heteroatoms. The molecule has 2 atom stereocenters. The number of hydrogen-bond donors (Lipinski definition) is 1. The standard InChI is InChI=1S/C23H28N2O/c1-23(26,15-13-20-9-3-2-4-10-20)14-8-18-25-17-6-5-12-22(25)21-11-7-16-24-19-21/h2-4,7,9-11,16,19,22,26H,5-6,12-13,15,17-18H2,1H3. The van der Waals surface area contributed by atoms with Crippen molar-refractivity contribution in [3.8, 4) is 11.8 Å². The number of aromatic nitrogens is 1. The van der Waals surface area contributed by atoms with Crippen LogP contribution in [0.3, 0.4) is 0 Å². The zero-order chi connectivity index (χ0) is 18.2. The second kappa shape index (κ2) is 8.98. The van der Waals surface area contributed by atoms with E-state index in [4.69, 9.17) is 0 Å². The molecule has 1 saturated heterocycles. The second-order valence-corrected chi connectivity index (χ2v) is 7.33. The molecule has 26 heavy (non-hydrogen) atoms. The van der Waals surface area contributed by atoms with Gasteiger partial charge in [-0.05, 0) is 56.3 Å². The van der Waals surface area contributed by atoms with Gasteiger partial charge in [0.1, 0.15) is 5.60 Å². The van der Waals surface area contributed by atoms with Crippen LogP contribution < -0.4 is 0 Å². The lowest BCUT2D eigenvalue weighted by molar-refractivity contribution is 0.112. The molecule has 0 bridgehead atoms. The number of aliphatic hydroxyl groups is 1. The maximum absolute atomic E-state index is 10.6. The third-order valence-corrected chi connectivity index (χ3v) is 5.07. The maximum atomic E-state index is 10.6. The van der Waals surface area contributed by atoms with Crippen molar-refractivity contribution in [2.24, 2.45) is 0 Å². The summed E-state index contributed by atoms with van der Waals surface area (Å²) in [5.41, 5.74) is 1.56. The molecular weight excluding hydrogens is 320 g/mol. The summed E-state index contributed by atoms with van der Waals surface area (Å²) in [6.07, 6.45) is 8.88. The number of aryl methyl sites for hydroxylation is 1. The van der Waals surface area contributed by atoms with Crippen LogP contribution in [0.1, 0.15) is 49.8 Å². The molecule has 3 nitrogen and oxygen atoms in total. The van der Waals surface area contributed by atoms with E-state index in [-0.39, 0.29) is 0 Å². The Hall–Kier alpha value is -2.15. The molecule has 2 aromatic rings. The van der Waals surface area contributed by atoms with E-state index in [2.05, 4.69) is 39.9 Å². The zero-order valence-corrected chi connectivity index (χ0v) is 15.6. The van der Waals surface area contributed by atoms with Crippen molar-refractivity contribution >= 4 is 0 Å². The van der Waals surface area contributed by atoms with Crippen molar-refractivity contribution < 1.29 is 5.11 Å². The summed E-state index contributed by atoms with van der Waals surface area (Å²) in [6.45, 7) is 3.57. The molecular formula is C23H28N2O. The summed E-state index contributed by atoms with van der Waals surface area (Å²) in [5, 5.41) is 10.6. The molecule has 0 spiro atoms. The Morgan fingerprint density at radius 2 is 2.04 bits per heavy atom. The van der Waals surface area contributed by atoms with Crippen LogP contribution in [0.15, 0.2) is 54.9 Å². The van der Waals surface area contributed by atoms with Gasteiger partial charge in [0.25, 0.3) is 0 Å². The predicted octanol–water partition coefficient (Wildman–Crippen LogP) is 4.00. The minimum Gasteiger partial charge on any atom is -0.378 e. The highest BCUT2D eigenvalue weighted by Crippen LogP contribution is 2.29. The summed E-state index contributed by atoms with van der Waals surface area (Å²) in [7, 11) is 0. The molecule has 1 aliphatic heterocycles. The highest BCUT2D eigenvalue weighted by molar-refractivity contribution is 5.20. The van der Waals surface area contributed by atoms with E-state index >= 15 is 0 Å². The van der Waals surface area contributed by atoms with Crippen LogP contribution in [0.25, 0.3) is 0 Å². The van der Waals surface area contributed by atoms with Crippen molar-refractivity contribution in [1.82, 2.24) is 9.88 Å². The lowest BCUT2D eigenvalue weighted by atomic mass is 9.96. The fourth-order valence-electron chi connectivity index (χ4n) is 3.56. The van der Waals surface area contributed by atoms with Gasteiger partial charge in [-0.1, -0.05) is 54.7 Å². The van der Waals surface area contributed by atoms with Crippen molar-refractivity contribution in [3.63, 3.8) is 0 Å². The molecule has 1 aliphatic rings. The van der Waals surface area contributed by atoms with Gasteiger partial charge >= 0.3 is 0 Å². The lowest BCUT2D eigenvalue weighted by Crippen LogP contribution is -2.34. The molecule has 2 unspecified atom stereocenters. The number of benzene rings is 1.